The maximum absolute atomic E-state index is 13.5. The molecule has 1 aromatic heterocycles. The first-order valence-electron chi connectivity index (χ1n) is 7.28. The van der Waals surface area contributed by atoms with Gasteiger partial charge in [-0.15, -0.1) is 0 Å². The lowest BCUT2D eigenvalue weighted by Crippen LogP contribution is -2.22. The van der Waals surface area contributed by atoms with Crippen LogP contribution in [0.3, 0.4) is 0 Å². The first-order chi connectivity index (χ1) is 12.4. The summed E-state index contributed by atoms with van der Waals surface area (Å²) in [6.07, 6.45) is 0. The molecule has 2 aromatic carbocycles. The molecule has 26 heavy (non-hydrogen) atoms. The molecule has 0 aliphatic heterocycles. The van der Waals surface area contributed by atoms with E-state index in [1.54, 1.807) is 0 Å². The monoisotopic (exact) mass is 412 g/mol. The van der Waals surface area contributed by atoms with Gasteiger partial charge in [-0.1, -0.05) is 34.5 Å². The predicted octanol–water partition coefficient (Wildman–Crippen LogP) is 4.06. The highest BCUT2D eigenvalue weighted by atomic mass is 35.5. The number of aromatic nitrogens is 1. The highest BCUT2D eigenvalue weighted by molar-refractivity contribution is 7.16. The van der Waals surface area contributed by atoms with Crippen LogP contribution >= 0.6 is 34.5 Å². The van der Waals surface area contributed by atoms with E-state index in [0.29, 0.717) is 20.3 Å². The quantitative estimate of drug-likeness (QED) is 0.609. The number of benzene rings is 2. The summed E-state index contributed by atoms with van der Waals surface area (Å²) >= 11 is 12.9. The second-order valence-electron chi connectivity index (χ2n) is 5.23. The largest absolute Gasteiger partial charge is 0.468 e. The molecule has 3 rings (SSSR count). The number of fused-ring (bicyclic) bond motifs is 1. The molecule has 3 aromatic rings. The zero-order valence-corrected chi connectivity index (χ0v) is 15.7. The summed E-state index contributed by atoms with van der Waals surface area (Å²) < 4.78 is 20.2. The number of carbonyl (C=O) groups is 2. The van der Waals surface area contributed by atoms with E-state index >= 15 is 0 Å². The molecule has 0 atom stereocenters. The number of rotatable bonds is 3. The first kappa shape index (κ1) is 18.6. The number of thiazole rings is 1. The van der Waals surface area contributed by atoms with Gasteiger partial charge >= 0.3 is 5.97 Å². The van der Waals surface area contributed by atoms with Gasteiger partial charge in [0.2, 0.25) is 0 Å². The molecule has 0 unspecified atom stereocenters. The summed E-state index contributed by atoms with van der Waals surface area (Å²) in [4.78, 5) is 28.5. The van der Waals surface area contributed by atoms with Crippen LogP contribution in [0.4, 0.5) is 4.39 Å². The predicted molar refractivity (Wildman–Crippen MR) is 98.1 cm³/mol. The fourth-order valence-corrected chi connectivity index (χ4v) is 3.89. The molecule has 0 spiro atoms. The Morgan fingerprint density at radius 2 is 1.88 bits per heavy atom. The van der Waals surface area contributed by atoms with Gasteiger partial charge in [0.05, 0.1) is 17.3 Å². The maximum Gasteiger partial charge on any atom is 0.325 e. The third-order valence-electron chi connectivity index (χ3n) is 3.47. The summed E-state index contributed by atoms with van der Waals surface area (Å²) in [7, 11) is 1.26. The molecule has 0 aliphatic carbocycles. The Morgan fingerprint density at radius 1 is 1.19 bits per heavy atom. The molecule has 1 heterocycles. The van der Waals surface area contributed by atoms with E-state index in [-0.39, 0.29) is 16.9 Å². The minimum Gasteiger partial charge on any atom is -0.468 e. The van der Waals surface area contributed by atoms with Gasteiger partial charge in [0, 0.05) is 15.6 Å². The fourth-order valence-electron chi connectivity index (χ4n) is 2.31. The third-order valence-corrected chi connectivity index (χ3v) is 4.94. The number of esters is 1. The number of amides is 1. The number of hydrogen-bond donors (Lipinski definition) is 0. The maximum atomic E-state index is 13.5. The van der Waals surface area contributed by atoms with E-state index in [1.807, 2.05) is 0 Å². The van der Waals surface area contributed by atoms with Gasteiger partial charge in [-0.05, 0) is 36.4 Å². The first-order valence-corrected chi connectivity index (χ1v) is 8.85. The van der Waals surface area contributed by atoms with Crippen molar-refractivity contribution in [2.75, 3.05) is 7.11 Å². The van der Waals surface area contributed by atoms with Crippen LogP contribution < -0.4 is 4.80 Å². The van der Waals surface area contributed by atoms with Crippen LogP contribution in [0.15, 0.2) is 41.4 Å². The Bertz CT molecular complexity index is 1070. The van der Waals surface area contributed by atoms with E-state index in [2.05, 4.69) is 9.73 Å². The van der Waals surface area contributed by atoms with Crippen LogP contribution in [0.25, 0.3) is 10.2 Å². The van der Waals surface area contributed by atoms with Gasteiger partial charge in [0.15, 0.2) is 4.80 Å². The van der Waals surface area contributed by atoms with Gasteiger partial charge in [0.1, 0.15) is 12.4 Å². The minimum absolute atomic E-state index is 0.162. The number of ether oxygens (including phenoxy) is 1. The molecule has 0 radical (unpaired) electrons. The van der Waals surface area contributed by atoms with E-state index in [9.17, 15) is 14.0 Å². The Labute approximate surface area is 161 Å². The van der Waals surface area contributed by atoms with Crippen LogP contribution in [-0.2, 0) is 16.1 Å². The van der Waals surface area contributed by atoms with E-state index < -0.39 is 17.7 Å². The summed E-state index contributed by atoms with van der Waals surface area (Å²) in [6, 6.07) is 8.48. The second-order valence-corrected chi connectivity index (χ2v) is 7.12. The van der Waals surface area contributed by atoms with Crippen molar-refractivity contribution in [3.8, 4) is 0 Å². The molecular weight excluding hydrogens is 402 g/mol. The molecule has 1 amide bonds. The van der Waals surface area contributed by atoms with Crippen molar-refractivity contribution in [1.29, 1.82) is 0 Å². The molecule has 0 fully saturated rings. The standard InChI is InChI=1S/C17H11Cl2FN2O3S/c1-25-15(23)8-22-13-3-2-12(20)7-14(13)26-17(22)21-16(24)9-4-10(18)6-11(19)5-9/h2-7H,8H2,1H3. The summed E-state index contributed by atoms with van der Waals surface area (Å²) in [5, 5.41) is 0.605. The van der Waals surface area contributed by atoms with Crippen LogP contribution in [-0.4, -0.2) is 23.6 Å². The van der Waals surface area contributed by atoms with Crippen LogP contribution in [0.1, 0.15) is 10.4 Å². The van der Waals surface area contributed by atoms with E-state index in [4.69, 9.17) is 23.2 Å². The number of hydrogen-bond acceptors (Lipinski definition) is 4. The van der Waals surface area contributed by atoms with Crippen molar-refractivity contribution in [3.63, 3.8) is 0 Å². The SMILES string of the molecule is COC(=O)Cn1c(=NC(=O)c2cc(Cl)cc(Cl)c2)sc2cc(F)ccc21. The van der Waals surface area contributed by atoms with Crippen molar-refractivity contribution >= 4 is 56.6 Å². The number of nitrogens with zero attached hydrogens (tertiary/aromatic N) is 2. The third kappa shape index (κ3) is 3.95. The average molecular weight is 413 g/mol. The zero-order chi connectivity index (χ0) is 18.8. The number of halogens is 3. The Morgan fingerprint density at radius 3 is 2.54 bits per heavy atom. The Kier molecular flexibility index (Phi) is 5.41. The van der Waals surface area contributed by atoms with Crippen molar-refractivity contribution in [1.82, 2.24) is 4.57 Å². The minimum atomic E-state index is -0.583. The summed E-state index contributed by atoms with van der Waals surface area (Å²) in [5.41, 5.74) is 0.772. The zero-order valence-electron chi connectivity index (χ0n) is 13.3. The van der Waals surface area contributed by atoms with Crippen LogP contribution in [0, 0.1) is 5.82 Å². The second kappa shape index (κ2) is 7.57. The van der Waals surface area contributed by atoms with Crippen LogP contribution in [0.2, 0.25) is 10.0 Å². The number of carbonyl (C=O) groups excluding carboxylic acids is 2. The average Bonchev–Trinajstić information content (AvgIpc) is 2.90. The smallest absolute Gasteiger partial charge is 0.325 e. The molecule has 0 saturated heterocycles. The van der Waals surface area contributed by atoms with E-state index in [0.717, 1.165) is 11.3 Å². The normalized spacial score (nSPS) is 11.8. The molecule has 0 saturated carbocycles. The van der Waals surface area contributed by atoms with Gasteiger partial charge in [-0.25, -0.2) is 4.39 Å². The molecule has 0 bridgehead atoms. The molecule has 5 nitrogen and oxygen atoms in total. The fraction of sp³-hybridized carbons (Fsp3) is 0.118. The lowest BCUT2D eigenvalue weighted by molar-refractivity contribution is -0.141. The lowest BCUT2D eigenvalue weighted by atomic mass is 10.2. The Balaban J connectivity index is 2.15. The molecule has 9 heteroatoms. The lowest BCUT2D eigenvalue weighted by Gasteiger charge is -2.03. The van der Waals surface area contributed by atoms with Gasteiger partial charge in [0.25, 0.3) is 5.91 Å². The van der Waals surface area contributed by atoms with Crippen molar-refractivity contribution in [3.05, 3.63) is 62.6 Å². The van der Waals surface area contributed by atoms with Crippen molar-refractivity contribution < 1.29 is 18.7 Å². The molecule has 0 aliphatic rings. The van der Waals surface area contributed by atoms with Gasteiger partial charge in [-0.2, -0.15) is 4.99 Å². The highest BCUT2D eigenvalue weighted by Crippen LogP contribution is 2.21. The molecular formula is C17H11Cl2FN2O3S. The summed E-state index contributed by atoms with van der Waals surface area (Å²) in [5.74, 6) is -1.53. The Hall–Kier alpha value is -2.22. The topological polar surface area (TPSA) is 60.7 Å². The summed E-state index contributed by atoms with van der Waals surface area (Å²) in [6.45, 7) is -0.162. The van der Waals surface area contributed by atoms with Crippen LogP contribution in [0.5, 0.6) is 0 Å². The van der Waals surface area contributed by atoms with Gasteiger partial charge < -0.3 is 9.30 Å². The highest BCUT2D eigenvalue weighted by Gasteiger charge is 2.13. The molecule has 134 valence electrons. The van der Waals surface area contributed by atoms with Crippen molar-refractivity contribution in [2.24, 2.45) is 4.99 Å². The van der Waals surface area contributed by atoms with E-state index in [1.165, 1.54) is 48.1 Å². The van der Waals surface area contributed by atoms with Gasteiger partial charge in [-0.3, -0.25) is 9.59 Å². The molecule has 0 N–H and O–H groups in total. The van der Waals surface area contributed by atoms with Crippen molar-refractivity contribution in [2.45, 2.75) is 6.54 Å². The number of methoxy groups -OCH3 is 1.